The predicted molar refractivity (Wildman–Crippen MR) is 83.4 cm³/mol. The first kappa shape index (κ1) is 17.7. The van der Waals surface area contributed by atoms with Crippen LogP contribution in [0.3, 0.4) is 0 Å². The molecule has 2 unspecified atom stereocenters. The Labute approximate surface area is 133 Å². The third-order valence-electron chi connectivity index (χ3n) is 4.04. The quantitative estimate of drug-likeness (QED) is 0.661. The number of ether oxygens (including phenoxy) is 4. The molecule has 0 radical (unpaired) electrons. The third-order valence-corrected chi connectivity index (χ3v) is 4.04. The van der Waals surface area contributed by atoms with E-state index in [2.05, 4.69) is 35.5 Å². The fourth-order valence-corrected chi connectivity index (χ4v) is 2.52. The summed E-state index contributed by atoms with van der Waals surface area (Å²) in [6.45, 7) is 11.8. The van der Waals surface area contributed by atoms with E-state index in [1.165, 1.54) is 0 Å². The summed E-state index contributed by atoms with van der Waals surface area (Å²) in [5.41, 5.74) is 0. The van der Waals surface area contributed by atoms with Crippen LogP contribution >= 0.6 is 0 Å². The fraction of sp³-hybridized carbons (Fsp3) is 0.875. The van der Waals surface area contributed by atoms with Gasteiger partial charge in [-0.2, -0.15) is 0 Å². The van der Waals surface area contributed by atoms with Crippen molar-refractivity contribution in [3.05, 3.63) is 0 Å². The Hall–Kier alpha value is -0.680. The Kier molecular flexibility index (Phi) is 8.16. The third kappa shape index (κ3) is 6.21. The lowest BCUT2D eigenvalue weighted by atomic mass is 10.4. The molecular formula is C16H28N2O4. The molecule has 6 heteroatoms. The zero-order valence-electron chi connectivity index (χ0n) is 13.8. The Morgan fingerprint density at radius 2 is 1.14 bits per heavy atom. The number of hydrogen-bond acceptors (Lipinski definition) is 6. The summed E-state index contributed by atoms with van der Waals surface area (Å²) in [4.78, 5) is 4.53. The van der Waals surface area contributed by atoms with Crippen LogP contribution in [0, 0.1) is 11.8 Å². The SMILES string of the molecule is CC(OCC#CCOC(C)N1CCOCC1)N1CCOCC1. The summed E-state index contributed by atoms with van der Waals surface area (Å²) in [5, 5.41) is 0. The maximum absolute atomic E-state index is 5.72. The molecule has 0 saturated carbocycles. The molecule has 126 valence electrons. The van der Waals surface area contributed by atoms with Gasteiger partial charge in [-0.3, -0.25) is 9.80 Å². The molecule has 0 spiro atoms. The highest BCUT2D eigenvalue weighted by Crippen LogP contribution is 2.05. The number of rotatable bonds is 6. The van der Waals surface area contributed by atoms with Crippen LogP contribution in [-0.2, 0) is 18.9 Å². The van der Waals surface area contributed by atoms with Gasteiger partial charge in [0.05, 0.1) is 26.4 Å². The van der Waals surface area contributed by atoms with E-state index in [4.69, 9.17) is 18.9 Å². The lowest BCUT2D eigenvalue weighted by molar-refractivity contribution is -0.0792. The summed E-state index contributed by atoms with van der Waals surface area (Å²) in [5.74, 6) is 6.03. The molecule has 2 atom stereocenters. The molecular weight excluding hydrogens is 284 g/mol. The smallest absolute Gasteiger partial charge is 0.109 e. The lowest BCUT2D eigenvalue weighted by Crippen LogP contribution is -2.43. The van der Waals surface area contributed by atoms with Crippen LogP contribution in [0.1, 0.15) is 13.8 Å². The topological polar surface area (TPSA) is 43.4 Å². The summed E-state index contributed by atoms with van der Waals surface area (Å²) in [6.07, 6.45) is 0.179. The monoisotopic (exact) mass is 312 g/mol. The van der Waals surface area contributed by atoms with Crippen molar-refractivity contribution in [1.29, 1.82) is 0 Å². The van der Waals surface area contributed by atoms with Crippen LogP contribution < -0.4 is 0 Å². The first-order chi connectivity index (χ1) is 10.8. The molecule has 22 heavy (non-hydrogen) atoms. The van der Waals surface area contributed by atoms with Crippen molar-refractivity contribution in [2.45, 2.75) is 26.3 Å². The van der Waals surface area contributed by atoms with Crippen molar-refractivity contribution < 1.29 is 18.9 Å². The van der Waals surface area contributed by atoms with E-state index >= 15 is 0 Å². The van der Waals surface area contributed by atoms with Crippen LogP contribution in [0.5, 0.6) is 0 Å². The van der Waals surface area contributed by atoms with Gasteiger partial charge in [0.25, 0.3) is 0 Å². The minimum atomic E-state index is 0.0893. The summed E-state index contributed by atoms with van der Waals surface area (Å²) >= 11 is 0. The highest BCUT2D eigenvalue weighted by atomic mass is 16.5. The Morgan fingerprint density at radius 3 is 1.50 bits per heavy atom. The van der Waals surface area contributed by atoms with Crippen molar-refractivity contribution in [3.8, 4) is 11.8 Å². The second kappa shape index (κ2) is 10.2. The average Bonchev–Trinajstić information content (AvgIpc) is 2.59. The summed E-state index contributed by atoms with van der Waals surface area (Å²) in [6, 6.07) is 0. The molecule has 0 bridgehead atoms. The highest BCUT2D eigenvalue weighted by molar-refractivity contribution is 4.99. The largest absolute Gasteiger partial charge is 0.379 e. The van der Waals surface area contributed by atoms with E-state index in [1.54, 1.807) is 0 Å². The minimum Gasteiger partial charge on any atom is -0.379 e. The van der Waals surface area contributed by atoms with Crippen molar-refractivity contribution in [2.24, 2.45) is 0 Å². The number of nitrogens with zero attached hydrogens (tertiary/aromatic N) is 2. The Morgan fingerprint density at radius 1 is 0.773 bits per heavy atom. The maximum atomic E-state index is 5.72. The number of hydrogen-bond donors (Lipinski definition) is 0. The van der Waals surface area contributed by atoms with Crippen molar-refractivity contribution in [2.75, 3.05) is 65.8 Å². The first-order valence-electron chi connectivity index (χ1n) is 8.10. The van der Waals surface area contributed by atoms with E-state index in [0.29, 0.717) is 13.2 Å². The average molecular weight is 312 g/mol. The van der Waals surface area contributed by atoms with Crippen LogP contribution in [0.15, 0.2) is 0 Å². The lowest BCUT2D eigenvalue weighted by Gasteiger charge is -2.31. The second-order valence-electron chi connectivity index (χ2n) is 5.47. The molecule has 0 amide bonds. The molecule has 6 nitrogen and oxygen atoms in total. The molecule has 0 aromatic heterocycles. The zero-order chi connectivity index (χ0) is 15.6. The van der Waals surface area contributed by atoms with Gasteiger partial charge in [-0.25, -0.2) is 0 Å². The van der Waals surface area contributed by atoms with Crippen molar-refractivity contribution in [3.63, 3.8) is 0 Å². The molecule has 2 heterocycles. The molecule has 0 aromatic carbocycles. The Bertz CT molecular complexity index is 325. The van der Waals surface area contributed by atoms with Crippen molar-refractivity contribution in [1.82, 2.24) is 9.80 Å². The molecule has 2 aliphatic heterocycles. The standard InChI is InChI=1S/C16H28N2O4/c1-15(17-5-11-19-12-6-17)21-9-3-4-10-22-16(2)18-7-13-20-14-8-18/h15-16H,5-14H2,1-2H3. The molecule has 0 N–H and O–H groups in total. The van der Waals surface area contributed by atoms with Gasteiger partial charge in [0.2, 0.25) is 0 Å². The maximum Gasteiger partial charge on any atom is 0.109 e. The molecule has 0 aromatic rings. The van der Waals surface area contributed by atoms with E-state index in [0.717, 1.165) is 52.6 Å². The molecule has 2 rings (SSSR count). The van der Waals surface area contributed by atoms with Crippen LogP contribution in [0.2, 0.25) is 0 Å². The van der Waals surface area contributed by atoms with Gasteiger partial charge in [0.1, 0.15) is 25.7 Å². The van der Waals surface area contributed by atoms with Gasteiger partial charge >= 0.3 is 0 Å². The van der Waals surface area contributed by atoms with Gasteiger partial charge in [0.15, 0.2) is 0 Å². The van der Waals surface area contributed by atoms with Gasteiger partial charge in [-0.15, -0.1) is 0 Å². The van der Waals surface area contributed by atoms with Gasteiger partial charge in [-0.05, 0) is 13.8 Å². The van der Waals surface area contributed by atoms with E-state index in [-0.39, 0.29) is 12.5 Å². The van der Waals surface area contributed by atoms with Crippen LogP contribution in [0.25, 0.3) is 0 Å². The normalized spacial score (nSPS) is 23.5. The van der Waals surface area contributed by atoms with Crippen LogP contribution in [-0.4, -0.2) is 88.1 Å². The second-order valence-corrected chi connectivity index (χ2v) is 5.47. The molecule has 2 aliphatic rings. The van der Waals surface area contributed by atoms with E-state index < -0.39 is 0 Å². The van der Waals surface area contributed by atoms with Gasteiger partial charge in [-0.1, -0.05) is 11.8 Å². The van der Waals surface area contributed by atoms with Gasteiger partial charge < -0.3 is 18.9 Å². The first-order valence-corrected chi connectivity index (χ1v) is 8.10. The summed E-state index contributed by atoms with van der Waals surface area (Å²) < 4.78 is 22.1. The van der Waals surface area contributed by atoms with E-state index in [9.17, 15) is 0 Å². The Balaban J connectivity index is 1.54. The predicted octanol–water partition coefficient (Wildman–Crippen LogP) is 0.379. The minimum absolute atomic E-state index is 0.0893. The molecule has 2 fully saturated rings. The van der Waals surface area contributed by atoms with Crippen LogP contribution in [0.4, 0.5) is 0 Å². The molecule has 0 aliphatic carbocycles. The highest BCUT2D eigenvalue weighted by Gasteiger charge is 2.17. The molecule has 2 saturated heterocycles. The number of morpholine rings is 2. The van der Waals surface area contributed by atoms with E-state index in [1.807, 2.05) is 0 Å². The van der Waals surface area contributed by atoms with Crippen molar-refractivity contribution >= 4 is 0 Å². The van der Waals surface area contributed by atoms with Gasteiger partial charge in [0, 0.05) is 26.2 Å². The summed E-state index contributed by atoms with van der Waals surface area (Å²) in [7, 11) is 0. The zero-order valence-corrected chi connectivity index (χ0v) is 13.8. The fourth-order valence-electron chi connectivity index (χ4n) is 2.52.